The summed E-state index contributed by atoms with van der Waals surface area (Å²) >= 11 is 0. The highest BCUT2D eigenvalue weighted by molar-refractivity contribution is 6.06. The number of amides is 2. The summed E-state index contributed by atoms with van der Waals surface area (Å²) < 4.78 is 15.7. The molecule has 1 aromatic carbocycles. The molecular formula is C18H20N2O6. The zero-order valence-electron chi connectivity index (χ0n) is 14.4. The van der Waals surface area contributed by atoms with Crippen molar-refractivity contribution in [3.05, 3.63) is 40.2 Å². The molecule has 26 heavy (non-hydrogen) atoms. The third-order valence-corrected chi connectivity index (χ3v) is 4.04. The molecule has 8 heteroatoms. The molecule has 0 saturated carbocycles. The number of hydrogen-bond acceptors (Lipinski definition) is 6. The molecule has 1 aliphatic rings. The van der Waals surface area contributed by atoms with Crippen LogP contribution >= 0.6 is 0 Å². The summed E-state index contributed by atoms with van der Waals surface area (Å²) in [5, 5.41) is 3.05. The number of ether oxygens (including phenoxy) is 2. The first-order valence-electron chi connectivity index (χ1n) is 8.43. The number of morpholine rings is 1. The van der Waals surface area contributed by atoms with Crippen LogP contribution in [0.3, 0.4) is 0 Å². The summed E-state index contributed by atoms with van der Waals surface area (Å²) in [7, 11) is 0. The van der Waals surface area contributed by atoms with Crippen molar-refractivity contribution in [2.45, 2.75) is 6.92 Å². The van der Waals surface area contributed by atoms with Gasteiger partial charge in [-0.3, -0.25) is 9.59 Å². The molecule has 1 N–H and O–H groups in total. The first-order valence-corrected chi connectivity index (χ1v) is 8.43. The molecule has 2 aromatic rings. The van der Waals surface area contributed by atoms with Crippen molar-refractivity contribution in [1.82, 2.24) is 10.2 Å². The van der Waals surface area contributed by atoms with Crippen LogP contribution < -0.4 is 15.7 Å². The maximum Gasteiger partial charge on any atom is 0.337 e. The lowest BCUT2D eigenvalue weighted by molar-refractivity contribution is -0.134. The third-order valence-electron chi connectivity index (χ3n) is 4.04. The second-order valence-corrected chi connectivity index (χ2v) is 5.75. The van der Waals surface area contributed by atoms with E-state index in [1.807, 2.05) is 6.92 Å². The first-order chi connectivity index (χ1) is 12.6. The number of fused-ring (bicyclic) bond motifs is 1. The van der Waals surface area contributed by atoms with Gasteiger partial charge in [0.05, 0.1) is 31.9 Å². The SMILES string of the molecule is CCOc1ccc2c(C(=O)NCC(=O)N3CCOCC3)cc(=O)oc2c1. The van der Waals surface area contributed by atoms with E-state index in [9.17, 15) is 14.4 Å². The first kappa shape index (κ1) is 17.9. The Labute approximate surface area is 149 Å². The van der Waals surface area contributed by atoms with Crippen LogP contribution in [0.15, 0.2) is 33.5 Å². The number of carbonyl (C=O) groups is 2. The fourth-order valence-electron chi connectivity index (χ4n) is 2.76. The van der Waals surface area contributed by atoms with Crippen LogP contribution in [0.4, 0.5) is 0 Å². The Morgan fingerprint density at radius 1 is 1.23 bits per heavy atom. The van der Waals surface area contributed by atoms with Gasteiger partial charge in [-0.05, 0) is 19.1 Å². The quantitative estimate of drug-likeness (QED) is 0.792. The van der Waals surface area contributed by atoms with Crippen molar-refractivity contribution >= 4 is 22.8 Å². The number of nitrogens with one attached hydrogen (secondary N) is 1. The molecule has 1 fully saturated rings. The molecule has 0 spiro atoms. The van der Waals surface area contributed by atoms with Gasteiger partial charge in [0.1, 0.15) is 11.3 Å². The molecule has 0 radical (unpaired) electrons. The van der Waals surface area contributed by atoms with E-state index in [2.05, 4.69) is 5.32 Å². The van der Waals surface area contributed by atoms with Crippen molar-refractivity contribution in [2.24, 2.45) is 0 Å². The molecule has 8 nitrogen and oxygen atoms in total. The number of benzene rings is 1. The molecule has 0 atom stereocenters. The monoisotopic (exact) mass is 360 g/mol. The minimum absolute atomic E-state index is 0.141. The zero-order valence-corrected chi connectivity index (χ0v) is 14.4. The van der Waals surface area contributed by atoms with Crippen LogP contribution in [-0.2, 0) is 9.53 Å². The van der Waals surface area contributed by atoms with Crippen LogP contribution in [0, 0.1) is 0 Å². The van der Waals surface area contributed by atoms with E-state index >= 15 is 0 Å². The fourth-order valence-corrected chi connectivity index (χ4v) is 2.76. The predicted octanol–water partition coefficient (Wildman–Crippen LogP) is 0.780. The minimum Gasteiger partial charge on any atom is -0.494 e. The van der Waals surface area contributed by atoms with E-state index in [1.165, 1.54) is 0 Å². The largest absolute Gasteiger partial charge is 0.494 e. The van der Waals surface area contributed by atoms with E-state index in [-0.39, 0.29) is 23.6 Å². The number of carbonyl (C=O) groups excluding carboxylic acids is 2. The molecule has 2 amide bonds. The Morgan fingerprint density at radius 3 is 2.73 bits per heavy atom. The third kappa shape index (κ3) is 4.02. The Hall–Kier alpha value is -2.87. The number of hydrogen-bond donors (Lipinski definition) is 1. The van der Waals surface area contributed by atoms with Gasteiger partial charge in [-0.15, -0.1) is 0 Å². The minimum atomic E-state index is -0.643. The van der Waals surface area contributed by atoms with Crippen LogP contribution in [-0.4, -0.2) is 56.2 Å². The Bertz CT molecular complexity index is 870. The van der Waals surface area contributed by atoms with Crippen molar-refractivity contribution < 1.29 is 23.5 Å². The number of rotatable bonds is 5. The van der Waals surface area contributed by atoms with Crippen molar-refractivity contribution in [2.75, 3.05) is 39.5 Å². The van der Waals surface area contributed by atoms with Gasteiger partial charge >= 0.3 is 5.63 Å². The lowest BCUT2D eigenvalue weighted by atomic mass is 10.1. The maximum atomic E-state index is 12.5. The summed E-state index contributed by atoms with van der Waals surface area (Å²) in [6.07, 6.45) is 0. The average Bonchev–Trinajstić information content (AvgIpc) is 2.65. The van der Waals surface area contributed by atoms with Crippen molar-refractivity contribution in [3.63, 3.8) is 0 Å². The highest BCUT2D eigenvalue weighted by atomic mass is 16.5. The van der Waals surface area contributed by atoms with E-state index in [4.69, 9.17) is 13.9 Å². The lowest BCUT2D eigenvalue weighted by Gasteiger charge is -2.26. The topological polar surface area (TPSA) is 98.1 Å². The van der Waals surface area contributed by atoms with E-state index in [0.29, 0.717) is 44.0 Å². The summed E-state index contributed by atoms with van der Waals surface area (Å²) in [5.41, 5.74) is -0.224. The molecule has 138 valence electrons. The smallest absolute Gasteiger partial charge is 0.337 e. The van der Waals surface area contributed by atoms with Crippen LogP contribution in [0.25, 0.3) is 11.0 Å². The van der Waals surface area contributed by atoms with Crippen molar-refractivity contribution in [3.8, 4) is 5.75 Å². The van der Waals surface area contributed by atoms with Gasteiger partial charge in [0.2, 0.25) is 5.91 Å². The summed E-state index contributed by atoms with van der Waals surface area (Å²) in [6, 6.07) is 6.04. The van der Waals surface area contributed by atoms with E-state index in [1.54, 1.807) is 23.1 Å². The number of nitrogens with zero attached hydrogens (tertiary/aromatic N) is 1. The standard InChI is InChI=1S/C18H20N2O6/c1-2-25-12-3-4-13-14(10-17(22)26-15(13)9-12)18(23)19-11-16(21)20-5-7-24-8-6-20/h3-4,9-10H,2,5-8,11H2,1H3,(H,19,23). The Morgan fingerprint density at radius 2 is 2.00 bits per heavy atom. The van der Waals surface area contributed by atoms with E-state index in [0.717, 1.165) is 6.07 Å². The van der Waals surface area contributed by atoms with Crippen molar-refractivity contribution in [1.29, 1.82) is 0 Å². The molecule has 0 aliphatic carbocycles. The molecule has 0 bridgehead atoms. The molecule has 0 unspecified atom stereocenters. The van der Waals surface area contributed by atoms with Gasteiger partial charge in [0.15, 0.2) is 0 Å². The zero-order chi connectivity index (χ0) is 18.5. The van der Waals surface area contributed by atoms with E-state index < -0.39 is 11.5 Å². The van der Waals surface area contributed by atoms with Crippen LogP contribution in [0.5, 0.6) is 5.75 Å². The molecule has 1 aliphatic heterocycles. The summed E-state index contributed by atoms with van der Waals surface area (Å²) in [4.78, 5) is 38.1. The predicted molar refractivity (Wildman–Crippen MR) is 93.4 cm³/mol. The van der Waals surface area contributed by atoms with Gasteiger partial charge < -0.3 is 24.1 Å². The maximum absolute atomic E-state index is 12.5. The van der Waals surface area contributed by atoms with Gasteiger partial charge in [0.25, 0.3) is 5.91 Å². The summed E-state index contributed by atoms with van der Waals surface area (Å²) in [6.45, 7) is 4.17. The normalized spacial score (nSPS) is 14.3. The second kappa shape index (κ2) is 8.01. The second-order valence-electron chi connectivity index (χ2n) is 5.75. The Balaban J connectivity index is 1.77. The van der Waals surface area contributed by atoms with Crippen LogP contribution in [0.2, 0.25) is 0 Å². The Kier molecular flexibility index (Phi) is 5.52. The average molecular weight is 360 g/mol. The molecule has 1 aromatic heterocycles. The lowest BCUT2D eigenvalue weighted by Crippen LogP contribution is -2.45. The highest BCUT2D eigenvalue weighted by Crippen LogP contribution is 2.22. The fraction of sp³-hybridized carbons (Fsp3) is 0.389. The summed E-state index contributed by atoms with van der Waals surface area (Å²) in [5.74, 6) is -0.149. The van der Waals surface area contributed by atoms with Crippen LogP contribution in [0.1, 0.15) is 17.3 Å². The van der Waals surface area contributed by atoms with Gasteiger partial charge in [0, 0.05) is 30.6 Å². The van der Waals surface area contributed by atoms with Gasteiger partial charge in [-0.25, -0.2) is 4.79 Å². The molecular weight excluding hydrogens is 340 g/mol. The van der Waals surface area contributed by atoms with Gasteiger partial charge in [-0.1, -0.05) is 0 Å². The molecule has 1 saturated heterocycles. The highest BCUT2D eigenvalue weighted by Gasteiger charge is 2.19. The van der Waals surface area contributed by atoms with Gasteiger partial charge in [-0.2, -0.15) is 0 Å². The molecule has 2 heterocycles. The molecule has 3 rings (SSSR count).